The monoisotopic (exact) mass is 239 g/mol. The standard InChI is InChI=1S/C14H25NO2/c1-2-17-12-8-10-15(11-9-12)13-6-4-3-5-7-14(13)16/h12-13H,2-11H2,1H3. The summed E-state index contributed by atoms with van der Waals surface area (Å²) >= 11 is 0. The van der Waals surface area contributed by atoms with Gasteiger partial charge in [-0.3, -0.25) is 9.69 Å². The fourth-order valence-corrected chi connectivity index (χ4v) is 3.12. The first-order valence-electron chi connectivity index (χ1n) is 7.19. The molecule has 0 amide bonds. The first-order valence-corrected chi connectivity index (χ1v) is 7.19. The number of nitrogens with zero attached hydrogens (tertiary/aromatic N) is 1. The molecule has 0 bridgehead atoms. The summed E-state index contributed by atoms with van der Waals surface area (Å²) in [5, 5.41) is 0. The predicted octanol–water partition coefficient (Wildman–Crippen LogP) is 2.39. The van der Waals surface area contributed by atoms with E-state index in [1.165, 1.54) is 12.8 Å². The topological polar surface area (TPSA) is 29.5 Å². The molecule has 1 saturated heterocycles. The van der Waals surface area contributed by atoms with E-state index in [-0.39, 0.29) is 6.04 Å². The Bertz CT molecular complexity index is 247. The second-order valence-electron chi connectivity index (χ2n) is 5.27. The van der Waals surface area contributed by atoms with Gasteiger partial charge in [0.2, 0.25) is 0 Å². The third-order valence-electron chi connectivity index (χ3n) is 4.09. The summed E-state index contributed by atoms with van der Waals surface area (Å²) in [6.07, 6.45) is 8.06. The first kappa shape index (κ1) is 13.0. The predicted molar refractivity (Wildman–Crippen MR) is 68.1 cm³/mol. The summed E-state index contributed by atoms with van der Waals surface area (Å²) < 4.78 is 5.66. The molecule has 1 aliphatic heterocycles. The van der Waals surface area contributed by atoms with Gasteiger partial charge < -0.3 is 4.74 Å². The molecule has 2 aliphatic rings. The van der Waals surface area contributed by atoms with E-state index < -0.39 is 0 Å². The minimum atomic E-state index is 0.222. The molecule has 98 valence electrons. The van der Waals surface area contributed by atoms with Gasteiger partial charge in [-0.05, 0) is 32.6 Å². The van der Waals surface area contributed by atoms with Gasteiger partial charge in [-0.25, -0.2) is 0 Å². The highest BCUT2D eigenvalue weighted by Crippen LogP contribution is 2.23. The maximum Gasteiger partial charge on any atom is 0.149 e. The van der Waals surface area contributed by atoms with Crippen LogP contribution in [-0.4, -0.2) is 42.5 Å². The van der Waals surface area contributed by atoms with Crippen LogP contribution in [0.15, 0.2) is 0 Å². The van der Waals surface area contributed by atoms with E-state index in [9.17, 15) is 4.79 Å². The van der Waals surface area contributed by atoms with Crippen molar-refractivity contribution < 1.29 is 9.53 Å². The number of carbonyl (C=O) groups is 1. The fourth-order valence-electron chi connectivity index (χ4n) is 3.12. The second kappa shape index (κ2) is 6.50. The quantitative estimate of drug-likeness (QED) is 0.708. The number of piperidine rings is 1. The number of carbonyl (C=O) groups excluding carboxylic acids is 1. The van der Waals surface area contributed by atoms with Gasteiger partial charge in [0.25, 0.3) is 0 Å². The molecule has 3 heteroatoms. The average molecular weight is 239 g/mol. The minimum absolute atomic E-state index is 0.222. The lowest BCUT2D eigenvalue weighted by molar-refractivity contribution is -0.125. The van der Waals surface area contributed by atoms with Crippen LogP contribution in [0, 0.1) is 0 Å². The van der Waals surface area contributed by atoms with Crippen molar-refractivity contribution in [2.24, 2.45) is 0 Å². The molecular weight excluding hydrogens is 214 g/mol. The van der Waals surface area contributed by atoms with E-state index >= 15 is 0 Å². The molecule has 1 saturated carbocycles. The highest BCUT2D eigenvalue weighted by atomic mass is 16.5. The van der Waals surface area contributed by atoms with Crippen molar-refractivity contribution in [1.82, 2.24) is 4.90 Å². The van der Waals surface area contributed by atoms with E-state index in [1.807, 2.05) is 0 Å². The zero-order chi connectivity index (χ0) is 12.1. The van der Waals surface area contributed by atoms with Crippen LogP contribution in [0.3, 0.4) is 0 Å². The smallest absolute Gasteiger partial charge is 0.149 e. The zero-order valence-electron chi connectivity index (χ0n) is 11.0. The highest BCUT2D eigenvalue weighted by molar-refractivity contribution is 5.84. The molecule has 0 aromatic heterocycles. The third kappa shape index (κ3) is 3.52. The van der Waals surface area contributed by atoms with Crippen LogP contribution in [0.5, 0.6) is 0 Å². The lowest BCUT2D eigenvalue weighted by Crippen LogP contribution is -2.46. The van der Waals surface area contributed by atoms with Gasteiger partial charge in [-0.15, -0.1) is 0 Å². The molecule has 17 heavy (non-hydrogen) atoms. The number of hydrogen-bond donors (Lipinski definition) is 0. The summed E-state index contributed by atoms with van der Waals surface area (Å²) in [5.41, 5.74) is 0. The van der Waals surface area contributed by atoms with Crippen LogP contribution in [0.1, 0.15) is 51.9 Å². The van der Waals surface area contributed by atoms with E-state index in [2.05, 4.69) is 11.8 Å². The lowest BCUT2D eigenvalue weighted by atomic mass is 10.0. The van der Waals surface area contributed by atoms with E-state index in [0.717, 1.165) is 51.8 Å². The lowest BCUT2D eigenvalue weighted by Gasteiger charge is -2.36. The Hall–Kier alpha value is -0.410. The third-order valence-corrected chi connectivity index (χ3v) is 4.09. The van der Waals surface area contributed by atoms with E-state index in [1.54, 1.807) is 0 Å². The van der Waals surface area contributed by atoms with Crippen LogP contribution >= 0.6 is 0 Å². The summed E-state index contributed by atoms with van der Waals surface area (Å²) in [7, 11) is 0. The van der Waals surface area contributed by atoms with Gasteiger partial charge in [0.15, 0.2) is 0 Å². The highest BCUT2D eigenvalue weighted by Gasteiger charge is 2.30. The largest absolute Gasteiger partial charge is 0.378 e. The van der Waals surface area contributed by atoms with Crippen LogP contribution in [0.4, 0.5) is 0 Å². The molecule has 2 fully saturated rings. The Labute approximate surface area is 105 Å². The molecule has 0 N–H and O–H groups in total. The van der Waals surface area contributed by atoms with Crippen LogP contribution < -0.4 is 0 Å². The Kier molecular flexibility index (Phi) is 4.99. The molecule has 0 spiro atoms. The van der Waals surface area contributed by atoms with Crippen LogP contribution in [-0.2, 0) is 9.53 Å². The Morgan fingerprint density at radius 1 is 1.18 bits per heavy atom. The average Bonchev–Trinajstić information content (AvgIpc) is 2.56. The summed E-state index contributed by atoms with van der Waals surface area (Å²) in [4.78, 5) is 14.5. The van der Waals surface area contributed by atoms with Gasteiger partial charge in [-0.1, -0.05) is 12.8 Å². The maximum atomic E-state index is 12.0. The summed E-state index contributed by atoms with van der Waals surface area (Å²) in [5.74, 6) is 0.484. The number of ketones is 1. The molecule has 1 heterocycles. The van der Waals surface area contributed by atoms with Crippen molar-refractivity contribution in [2.45, 2.75) is 64.0 Å². The van der Waals surface area contributed by atoms with Crippen molar-refractivity contribution >= 4 is 5.78 Å². The van der Waals surface area contributed by atoms with Crippen molar-refractivity contribution in [3.05, 3.63) is 0 Å². The summed E-state index contributed by atoms with van der Waals surface area (Å²) in [6.45, 7) is 4.95. The Morgan fingerprint density at radius 3 is 2.65 bits per heavy atom. The van der Waals surface area contributed by atoms with Crippen molar-refractivity contribution in [1.29, 1.82) is 0 Å². The molecule has 0 radical (unpaired) electrons. The maximum absolute atomic E-state index is 12.0. The van der Waals surface area contributed by atoms with Gasteiger partial charge in [-0.2, -0.15) is 0 Å². The first-order chi connectivity index (χ1) is 8.31. The van der Waals surface area contributed by atoms with Crippen LogP contribution in [0.25, 0.3) is 0 Å². The molecular formula is C14H25NO2. The van der Waals surface area contributed by atoms with E-state index in [0.29, 0.717) is 11.9 Å². The SMILES string of the molecule is CCOC1CCN(C2CCCCCC2=O)CC1. The molecule has 1 atom stereocenters. The zero-order valence-corrected chi connectivity index (χ0v) is 11.0. The number of hydrogen-bond acceptors (Lipinski definition) is 3. The van der Waals surface area contributed by atoms with Crippen molar-refractivity contribution in [2.75, 3.05) is 19.7 Å². The molecule has 3 nitrogen and oxygen atoms in total. The van der Waals surface area contributed by atoms with Crippen LogP contribution in [0.2, 0.25) is 0 Å². The van der Waals surface area contributed by atoms with Gasteiger partial charge in [0, 0.05) is 26.1 Å². The molecule has 0 aromatic rings. The van der Waals surface area contributed by atoms with Gasteiger partial charge >= 0.3 is 0 Å². The Balaban J connectivity index is 1.84. The number of rotatable bonds is 3. The molecule has 1 unspecified atom stereocenters. The fraction of sp³-hybridized carbons (Fsp3) is 0.929. The number of ether oxygens (including phenoxy) is 1. The molecule has 1 aliphatic carbocycles. The van der Waals surface area contributed by atoms with Crippen molar-refractivity contribution in [3.63, 3.8) is 0 Å². The second-order valence-corrected chi connectivity index (χ2v) is 5.27. The van der Waals surface area contributed by atoms with E-state index in [4.69, 9.17) is 4.74 Å². The summed E-state index contributed by atoms with van der Waals surface area (Å²) in [6, 6.07) is 0.222. The van der Waals surface area contributed by atoms with Gasteiger partial charge in [0.05, 0.1) is 12.1 Å². The molecule has 0 aromatic carbocycles. The Morgan fingerprint density at radius 2 is 1.94 bits per heavy atom. The molecule has 2 rings (SSSR count). The number of Topliss-reactive ketones (excluding diaryl/α,β-unsaturated/α-hetero) is 1. The van der Waals surface area contributed by atoms with Crippen molar-refractivity contribution in [3.8, 4) is 0 Å². The number of likely N-dealkylation sites (tertiary alicyclic amines) is 1. The normalized spacial score (nSPS) is 29.2. The van der Waals surface area contributed by atoms with Gasteiger partial charge in [0.1, 0.15) is 5.78 Å². The minimum Gasteiger partial charge on any atom is -0.378 e.